The van der Waals surface area contributed by atoms with Crippen LogP contribution in [0.5, 0.6) is 0 Å². The van der Waals surface area contributed by atoms with Gasteiger partial charge in [0, 0.05) is 12.6 Å². The van der Waals surface area contributed by atoms with Crippen LogP contribution in [0.4, 0.5) is 0 Å². The normalized spacial score (nSPS) is 11.1. The lowest BCUT2D eigenvalue weighted by molar-refractivity contribution is -0.115. The topological polar surface area (TPSA) is 55.1 Å². The van der Waals surface area contributed by atoms with E-state index in [0.29, 0.717) is 13.0 Å². The molecular formula is C13H16N2O. The Balaban J connectivity index is 2.33. The van der Waals surface area contributed by atoms with Crippen LogP contribution >= 0.6 is 0 Å². The van der Waals surface area contributed by atoms with E-state index in [1.54, 1.807) is 6.92 Å². The van der Waals surface area contributed by atoms with Gasteiger partial charge in [0.05, 0.1) is 0 Å². The Bertz CT molecular complexity index is 389. The van der Waals surface area contributed by atoms with Gasteiger partial charge in [0.1, 0.15) is 0 Å². The van der Waals surface area contributed by atoms with E-state index in [1.807, 2.05) is 30.3 Å². The second-order valence-electron chi connectivity index (χ2n) is 3.44. The smallest absolute Gasteiger partial charge is 0.295 e. The molecule has 1 rings (SSSR count). The van der Waals surface area contributed by atoms with Gasteiger partial charge in [-0.2, -0.15) is 0 Å². The molecule has 1 aromatic carbocycles. The van der Waals surface area contributed by atoms with Crippen LogP contribution in [0.3, 0.4) is 0 Å². The maximum absolute atomic E-state index is 11.0. The van der Waals surface area contributed by atoms with Crippen LogP contribution in [0.2, 0.25) is 0 Å². The number of hydrogen-bond acceptors (Lipinski definition) is 2. The molecule has 0 aromatic heterocycles. The number of nitrogens with one attached hydrogen (secondary N) is 1. The van der Waals surface area contributed by atoms with Crippen molar-refractivity contribution >= 4 is 5.91 Å². The number of amides is 1. The number of rotatable bonds is 4. The Labute approximate surface area is 96.0 Å². The Kier molecular flexibility index (Phi) is 5.10. The molecule has 1 amide bonds. The zero-order valence-electron chi connectivity index (χ0n) is 9.36. The highest BCUT2D eigenvalue weighted by molar-refractivity contribution is 5.93. The van der Waals surface area contributed by atoms with E-state index in [2.05, 4.69) is 17.2 Å². The molecular weight excluding hydrogens is 200 g/mol. The molecule has 16 heavy (non-hydrogen) atoms. The number of hydrogen-bond donors (Lipinski definition) is 2. The second kappa shape index (κ2) is 6.65. The Morgan fingerprint density at radius 1 is 1.44 bits per heavy atom. The molecule has 3 nitrogen and oxygen atoms in total. The fourth-order valence-corrected chi connectivity index (χ4v) is 1.37. The number of carbonyl (C=O) groups is 1. The largest absolute Gasteiger partial charge is 0.345 e. The van der Waals surface area contributed by atoms with Gasteiger partial charge < -0.3 is 11.1 Å². The van der Waals surface area contributed by atoms with E-state index in [1.165, 1.54) is 0 Å². The van der Waals surface area contributed by atoms with Crippen molar-refractivity contribution in [1.29, 1.82) is 0 Å². The third-order valence-electron chi connectivity index (χ3n) is 2.21. The molecule has 1 unspecified atom stereocenters. The molecule has 0 saturated carbocycles. The van der Waals surface area contributed by atoms with E-state index in [0.717, 1.165) is 5.56 Å². The highest BCUT2D eigenvalue weighted by Crippen LogP contribution is 2.11. The van der Waals surface area contributed by atoms with Crippen LogP contribution in [0.1, 0.15) is 24.9 Å². The molecule has 0 aliphatic rings. The van der Waals surface area contributed by atoms with E-state index in [-0.39, 0.29) is 11.9 Å². The lowest BCUT2D eigenvalue weighted by atomic mass is 10.1. The summed E-state index contributed by atoms with van der Waals surface area (Å²) in [4.78, 5) is 11.0. The molecule has 1 atom stereocenters. The first-order chi connectivity index (χ1) is 7.74. The zero-order chi connectivity index (χ0) is 11.8. The molecule has 3 N–H and O–H groups in total. The first-order valence-corrected chi connectivity index (χ1v) is 5.25. The maximum atomic E-state index is 11.0. The summed E-state index contributed by atoms with van der Waals surface area (Å²) in [5.74, 6) is 4.71. The monoisotopic (exact) mass is 216 g/mol. The van der Waals surface area contributed by atoms with Gasteiger partial charge in [0.25, 0.3) is 5.91 Å². The first kappa shape index (κ1) is 12.3. The lowest BCUT2D eigenvalue weighted by Gasteiger charge is -2.11. The fourth-order valence-electron chi connectivity index (χ4n) is 1.37. The Morgan fingerprint density at radius 2 is 2.12 bits per heavy atom. The Hall–Kier alpha value is -1.79. The van der Waals surface area contributed by atoms with Crippen LogP contribution < -0.4 is 11.1 Å². The van der Waals surface area contributed by atoms with Gasteiger partial charge in [-0.25, -0.2) is 0 Å². The summed E-state index contributed by atoms with van der Waals surface area (Å²) in [5, 5.41) is 2.69. The van der Waals surface area contributed by atoms with Gasteiger partial charge in [-0.3, -0.25) is 4.79 Å². The van der Waals surface area contributed by atoms with Crippen LogP contribution in [0.15, 0.2) is 30.3 Å². The summed E-state index contributed by atoms with van der Waals surface area (Å²) in [6.07, 6.45) is 0.709. The van der Waals surface area contributed by atoms with E-state index < -0.39 is 0 Å². The van der Waals surface area contributed by atoms with Crippen molar-refractivity contribution in [2.45, 2.75) is 19.4 Å². The SMILES string of the molecule is CC#CC(=O)NCCC(N)c1ccccc1. The van der Waals surface area contributed by atoms with Gasteiger partial charge in [-0.05, 0) is 24.8 Å². The summed E-state index contributed by atoms with van der Waals surface area (Å²) in [6, 6.07) is 9.79. The quantitative estimate of drug-likeness (QED) is 0.743. The molecule has 0 radical (unpaired) electrons. The first-order valence-electron chi connectivity index (χ1n) is 5.25. The second-order valence-corrected chi connectivity index (χ2v) is 3.44. The van der Waals surface area contributed by atoms with Gasteiger partial charge in [-0.1, -0.05) is 36.3 Å². The predicted octanol–water partition coefficient (Wildman–Crippen LogP) is 1.22. The van der Waals surface area contributed by atoms with Crippen molar-refractivity contribution in [1.82, 2.24) is 5.32 Å². The van der Waals surface area contributed by atoms with Crippen molar-refractivity contribution in [3.63, 3.8) is 0 Å². The highest BCUT2D eigenvalue weighted by atomic mass is 16.1. The molecule has 3 heteroatoms. The minimum Gasteiger partial charge on any atom is -0.345 e. The zero-order valence-corrected chi connectivity index (χ0v) is 9.36. The van der Waals surface area contributed by atoms with Crippen molar-refractivity contribution in [2.24, 2.45) is 5.73 Å². The molecule has 84 valence electrons. The Morgan fingerprint density at radius 3 is 2.75 bits per heavy atom. The van der Waals surface area contributed by atoms with Crippen LogP contribution in [-0.2, 0) is 4.79 Å². The average Bonchev–Trinajstić information content (AvgIpc) is 2.30. The predicted molar refractivity (Wildman–Crippen MR) is 64.4 cm³/mol. The molecule has 0 bridgehead atoms. The molecule has 0 saturated heterocycles. The number of benzene rings is 1. The molecule has 0 spiro atoms. The third kappa shape index (κ3) is 4.16. The maximum Gasteiger partial charge on any atom is 0.295 e. The summed E-state index contributed by atoms with van der Waals surface area (Å²) in [5.41, 5.74) is 7.05. The molecule has 1 aromatic rings. The van der Waals surface area contributed by atoms with Crippen LogP contribution in [-0.4, -0.2) is 12.5 Å². The van der Waals surface area contributed by atoms with Crippen molar-refractivity contribution < 1.29 is 4.79 Å². The average molecular weight is 216 g/mol. The highest BCUT2D eigenvalue weighted by Gasteiger charge is 2.04. The molecule has 0 aliphatic carbocycles. The van der Waals surface area contributed by atoms with Gasteiger partial charge in [-0.15, -0.1) is 0 Å². The van der Waals surface area contributed by atoms with Gasteiger partial charge >= 0.3 is 0 Å². The summed E-state index contributed by atoms with van der Waals surface area (Å²) in [7, 11) is 0. The number of nitrogens with two attached hydrogens (primary N) is 1. The molecule has 0 heterocycles. The van der Waals surface area contributed by atoms with E-state index >= 15 is 0 Å². The van der Waals surface area contributed by atoms with Crippen molar-refractivity contribution in [3.05, 3.63) is 35.9 Å². The van der Waals surface area contributed by atoms with E-state index in [9.17, 15) is 4.79 Å². The van der Waals surface area contributed by atoms with Gasteiger partial charge in [0.15, 0.2) is 0 Å². The number of carbonyl (C=O) groups excluding carboxylic acids is 1. The van der Waals surface area contributed by atoms with Crippen molar-refractivity contribution in [3.8, 4) is 11.8 Å². The van der Waals surface area contributed by atoms with E-state index in [4.69, 9.17) is 5.73 Å². The third-order valence-corrected chi connectivity index (χ3v) is 2.21. The fraction of sp³-hybridized carbons (Fsp3) is 0.308. The van der Waals surface area contributed by atoms with Gasteiger partial charge in [0.2, 0.25) is 0 Å². The van der Waals surface area contributed by atoms with Crippen LogP contribution in [0.25, 0.3) is 0 Å². The standard InChI is InChI=1S/C13H16N2O/c1-2-6-13(16)15-10-9-12(14)11-7-4-3-5-8-11/h3-5,7-8,12H,9-10,14H2,1H3,(H,15,16). The van der Waals surface area contributed by atoms with Crippen LogP contribution in [0, 0.1) is 11.8 Å². The molecule has 0 aliphatic heterocycles. The molecule has 0 fully saturated rings. The minimum absolute atomic E-state index is 0.0453. The lowest BCUT2D eigenvalue weighted by Crippen LogP contribution is -2.25. The summed E-state index contributed by atoms with van der Waals surface area (Å²) >= 11 is 0. The summed E-state index contributed by atoms with van der Waals surface area (Å²) < 4.78 is 0. The summed E-state index contributed by atoms with van der Waals surface area (Å²) in [6.45, 7) is 2.18. The van der Waals surface area contributed by atoms with Crippen molar-refractivity contribution in [2.75, 3.05) is 6.54 Å². The minimum atomic E-state index is -0.247.